The Hall–Kier alpha value is -3.39. The molecule has 0 aliphatic rings. The highest BCUT2D eigenvalue weighted by Crippen LogP contribution is 2.24. The number of thiazole rings is 1. The topological polar surface area (TPSA) is 92.2 Å². The van der Waals surface area contributed by atoms with Crippen LogP contribution in [0.2, 0.25) is 0 Å². The van der Waals surface area contributed by atoms with E-state index in [0.717, 1.165) is 21.3 Å². The average molecular weight is 362 g/mol. The number of aromatic nitrogens is 3. The number of fused-ring (bicyclic) bond motifs is 2. The Morgan fingerprint density at radius 3 is 2.65 bits per heavy atom. The van der Waals surface area contributed by atoms with Crippen LogP contribution in [0.4, 0.5) is 5.13 Å². The predicted molar refractivity (Wildman–Crippen MR) is 103 cm³/mol. The minimum atomic E-state index is -0.269. The zero-order valence-electron chi connectivity index (χ0n) is 13.6. The number of anilines is 1. The van der Waals surface area contributed by atoms with Crippen molar-refractivity contribution < 1.29 is 4.79 Å². The molecule has 0 unspecified atom stereocenters. The molecular formula is C18H14N6OS. The fourth-order valence-corrected chi connectivity index (χ4v) is 3.21. The lowest BCUT2D eigenvalue weighted by atomic mass is 10.3. The summed E-state index contributed by atoms with van der Waals surface area (Å²) in [7, 11) is 0. The summed E-state index contributed by atoms with van der Waals surface area (Å²) >= 11 is 1.50. The molecule has 8 heteroatoms. The largest absolute Gasteiger partial charge is 0.352 e. The standard InChI is InChI=1S/C18H14N6OS/c25-17(11-20-18-23-15-7-3-4-8-16(15)26-18)24-21-10-12-9-19-13-5-1-2-6-14(13)22-12/h1-10H,11H2,(H,20,23)(H,24,25)/b21-10-. The number of para-hydroxylation sites is 3. The van der Waals surface area contributed by atoms with Crippen molar-refractivity contribution >= 4 is 49.8 Å². The van der Waals surface area contributed by atoms with E-state index in [1.165, 1.54) is 17.6 Å². The molecule has 0 saturated heterocycles. The van der Waals surface area contributed by atoms with Gasteiger partial charge in [0, 0.05) is 0 Å². The molecule has 0 atom stereocenters. The van der Waals surface area contributed by atoms with E-state index in [4.69, 9.17) is 0 Å². The van der Waals surface area contributed by atoms with E-state index in [-0.39, 0.29) is 12.5 Å². The summed E-state index contributed by atoms with van der Waals surface area (Å²) in [5.74, 6) is -0.269. The molecule has 0 spiro atoms. The summed E-state index contributed by atoms with van der Waals surface area (Å²) < 4.78 is 1.07. The van der Waals surface area contributed by atoms with Crippen molar-refractivity contribution in [3.05, 3.63) is 60.4 Å². The van der Waals surface area contributed by atoms with Gasteiger partial charge in [0.1, 0.15) is 5.69 Å². The number of rotatable bonds is 5. The minimum Gasteiger partial charge on any atom is -0.352 e. The molecule has 0 radical (unpaired) electrons. The summed E-state index contributed by atoms with van der Waals surface area (Å²) in [6.07, 6.45) is 3.08. The first-order valence-electron chi connectivity index (χ1n) is 7.91. The molecule has 2 aromatic heterocycles. The summed E-state index contributed by atoms with van der Waals surface area (Å²) in [6, 6.07) is 15.4. The van der Waals surface area contributed by atoms with Gasteiger partial charge in [-0.3, -0.25) is 9.78 Å². The average Bonchev–Trinajstić information content (AvgIpc) is 3.09. The molecule has 0 saturated carbocycles. The SMILES string of the molecule is O=C(CNc1nc2ccccc2s1)N/N=C\c1cnc2ccccc2n1. The first-order valence-corrected chi connectivity index (χ1v) is 8.73. The van der Waals surface area contributed by atoms with Gasteiger partial charge in [-0.1, -0.05) is 35.6 Å². The molecule has 1 amide bonds. The first kappa shape index (κ1) is 16.1. The highest BCUT2D eigenvalue weighted by Gasteiger charge is 2.05. The maximum absolute atomic E-state index is 11.9. The number of nitrogens with one attached hydrogen (secondary N) is 2. The lowest BCUT2D eigenvalue weighted by Crippen LogP contribution is -2.25. The number of benzene rings is 2. The van der Waals surface area contributed by atoms with Crippen LogP contribution in [0.3, 0.4) is 0 Å². The van der Waals surface area contributed by atoms with E-state index in [1.54, 1.807) is 6.20 Å². The lowest BCUT2D eigenvalue weighted by Gasteiger charge is -2.01. The Labute approximate surface area is 152 Å². The summed E-state index contributed by atoms with van der Waals surface area (Å²) in [4.78, 5) is 25.0. The van der Waals surface area contributed by atoms with E-state index < -0.39 is 0 Å². The third kappa shape index (κ3) is 3.65. The number of hydrazone groups is 1. The number of hydrogen-bond donors (Lipinski definition) is 2. The van der Waals surface area contributed by atoms with Gasteiger partial charge in [-0.15, -0.1) is 0 Å². The normalized spacial score (nSPS) is 11.2. The van der Waals surface area contributed by atoms with Crippen LogP contribution in [-0.2, 0) is 4.79 Å². The van der Waals surface area contributed by atoms with Crippen LogP contribution in [0, 0.1) is 0 Å². The molecule has 128 valence electrons. The molecule has 0 fully saturated rings. The quantitative estimate of drug-likeness (QED) is 0.421. The van der Waals surface area contributed by atoms with Gasteiger partial charge in [-0.25, -0.2) is 15.4 Å². The zero-order valence-corrected chi connectivity index (χ0v) is 14.4. The first-order chi connectivity index (χ1) is 12.8. The molecule has 2 aromatic carbocycles. The molecule has 7 nitrogen and oxygen atoms in total. The smallest absolute Gasteiger partial charge is 0.259 e. The Balaban J connectivity index is 1.33. The maximum atomic E-state index is 11.9. The second kappa shape index (κ2) is 7.24. The van der Waals surface area contributed by atoms with E-state index in [2.05, 4.69) is 30.8 Å². The highest BCUT2D eigenvalue weighted by atomic mass is 32.1. The fourth-order valence-electron chi connectivity index (χ4n) is 2.35. The van der Waals surface area contributed by atoms with Crippen molar-refractivity contribution in [1.82, 2.24) is 20.4 Å². The van der Waals surface area contributed by atoms with Crippen molar-refractivity contribution in [2.45, 2.75) is 0 Å². The fraction of sp³-hybridized carbons (Fsp3) is 0.0556. The van der Waals surface area contributed by atoms with Crippen LogP contribution in [0.25, 0.3) is 21.3 Å². The predicted octanol–water partition coefficient (Wildman–Crippen LogP) is 2.80. The van der Waals surface area contributed by atoms with E-state index in [9.17, 15) is 4.79 Å². The van der Waals surface area contributed by atoms with Crippen molar-refractivity contribution in [2.24, 2.45) is 5.10 Å². The Morgan fingerprint density at radius 2 is 1.81 bits per heavy atom. The van der Waals surface area contributed by atoms with Crippen LogP contribution in [-0.4, -0.2) is 33.6 Å². The molecule has 0 aliphatic carbocycles. The molecule has 26 heavy (non-hydrogen) atoms. The molecule has 4 aromatic rings. The summed E-state index contributed by atoms with van der Waals surface area (Å²) in [5, 5.41) is 7.62. The Kier molecular flexibility index (Phi) is 4.48. The maximum Gasteiger partial charge on any atom is 0.259 e. The second-order valence-electron chi connectivity index (χ2n) is 5.42. The van der Waals surface area contributed by atoms with Crippen molar-refractivity contribution in [3.8, 4) is 0 Å². The summed E-state index contributed by atoms with van der Waals surface area (Å²) in [5.41, 5.74) is 5.53. The summed E-state index contributed by atoms with van der Waals surface area (Å²) in [6.45, 7) is 0.0839. The van der Waals surface area contributed by atoms with Gasteiger partial charge in [0.2, 0.25) is 0 Å². The molecule has 2 heterocycles. The van der Waals surface area contributed by atoms with Crippen LogP contribution in [0.5, 0.6) is 0 Å². The van der Waals surface area contributed by atoms with Crippen LogP contribution >= 0.6 is 11.3 Å². The number of hydrogen-bond acceptors (Lipinski definition) is 7. The van der Waals surface area contributed by atoms with Gasteiger partial charge < -0.3 is 5.32 Å². The Morgan fingerprint density at radius 1 is 1.04 bits per heavy atom. The monoisotopic (exact) mass is 362 g/mol. The zero-order chi connectivity index (χ0) is 17.8. The van der Waals surface area contributed by atoms with Gasteiger partial charge in [-0.2, -0.15) is 5.10 Å². The third-order valence-electron chi connectivity index (χ3n) is 3.55. The van der Waals surface area contributed by atoms with Crippen molar-refractivity contribution in [1.29, 1.82) is 0 Å². The molecule has 0 bridgehead atoms. The van der Waals surface area contributed by atoms with Gasteiger partial charge in [0.05, 0.1) is 40.2 Å². The van der Waals surface area contributed by atoms with Crippen molar-refractivity contribution in [2.75, 3.05) is 11.9 Å². The van der Waals surface area contributed by atoms with E-state index in [0.29, 0.717) is 10.8 Å². The van der Waals surface area contributed by atoms with E-state index >= 15 is 0 Å². The molecule has 4 rings (SSSR count). The number of carbonyl (C=O) groups excluding carboxylic acids is 1. The molecular weight excluding hydrogens is 348 g/mol. The van der Waals surface area contributed by atoms with Crippen LogP contribution < -0.4 is 10.7 Å². The minimum absolute atomic E-state index is 0.0839. The number of carbonyl (C=O) groups is 1. The van der Waals surface area contributed by atoms with Gasteiger partial charge in [-0.05, 0) is 24.3 Å². The lowest BCUT2D eigenvalue weighted by molar-refractivity contribution is -0.119. The van der Waals surface area contributed by atoms with Crippen molar-refractivity contribution in [3.63, 3.8) is 0 Å². The number of nitrogens with zero attached hydrogens (tertiary/aromatic N) is 4. The van der Waals surface area contributed by atoms with Gasteiger partial charge in [0.25, 0.3) is 5.91 Å². The number of amides is 1. The van der Waals surface area contributed by atoms with E-state index in [1.807, 2.05) is 48.5 Å². The molecule has 2 N–H and O–H groups in total. The van der Waals surface area contributed by atoms with Crippen LogP contribution in [0.15, 0.2) is 59.8 Å². The Bertz CT molecular complexity index is 1070. The highest BCUT2D eigenvalue weighted by molar-refractivity contribution is 7.22. The molecule has 0 aliphatic heterocycles. The van der Waals surface area contributed by atoms with Crippen LogP contribution in [0.1, 0.15) is 5.69 Å². The van der Waals surface area contributed by atoms with Gasteiger partial charge >= 0.3 is 0 Å². The van der Waals surface area contributed by atoms with Gasteiger partial charge in [0.15, 0.2) is 5.13 Å². The second-order valence-corrected chi connectivity index (χ2v) is 6.45. The third-order valence-corrected chi connectivity index (χ3v) is 4.54.